The van der Waals surface area contributed by atoms with Crippen molar-refractivity contribution in [1.82, 2.24) is 9.88 Å². The Morgan fingerprint density at radius 1 is 1.57 bits per heavy atom. The number of likely N-dealkylation sites (N-methyl/N-ethyl adjacent to an activating group) is 1. The molecule has 1 aliphatic rings. The quantitative estimate of drug-likeness (QED) is 0.872. The van der Waals surface area contributed by atoms with Gasteiger partial charge in [0.15, 0.2) is 0 Å². The smallest absolute Gasteiger partial charge is 0.225 e. The van der Waals surface area contributed by atoms with Crippen LogP contribution in [0.2, 0.25) is 0 Å². The van der Waals surface area contributed by atoms with Crippen molar-refractivity contribution in [2.24, 2.45) is 11.7 Å². The third-order valence-electron chi connectivity index (χ3n) is 4.11. The summed E-state index contributed by atoms with van der Waals surface area (Å²) < 4.78 is 0. The molecular weight excluding hydrogens is 310 g/mol. The second-order valence-electron chi connectivity index (χ2n) is 5.61. The molecule has 3 N–H and O–H groups in total. The van der Waals surface area contributed by atoms with Gasteiger partial charge >= 0.3 is 0 Å². The number of halogens is 1. The van der Waals surface area contributed by atoms with Crippen molar-refractivity contribution in [2.45, 2.75) is 44.8 Å². The SMILES string of the molecule is Cc1ncsc1CCN(C)C(=O)[C@H]1CC[C@@H](N)[C@H](O)C1.Cl. The van der Waals surface area contributed by atoms with Crippen LogP contribution in [0, 0.1) is 12.8 Å². The van der Waals surface area contributed by atoms with E-state index in [0.717, 1.165) is 25.0 Å². The Kier molecular flexibility index (Phi) is 7.06. The summed E-state index contributed by atoms with van der Waals surface area (Å²) >= 11 is 1.63. The van der Waals surface area contributed by atoms with Crippen LogP contribution in [0.3, 0.4) is 0 Å². The molecule has 1 fully saturated rings. The van der Waals surface area contributed by atoms with Crippen molar-refractivity contribution < 1.29 is 9.90 Å². The number of carbonyl (C=O) groups excluding carboxylic acids is 1. The summed E-state index contributed by atoms with van der Waals surface area (Å²) in [6.45, 7) is 2.69. The number of nitrogens with zero attached hydrogens (tertiary/aromatic N) is 2. The molecule has 0 spiro atoms. The molecule has 0 unspecified atom stereocenters. The van der Waals surface area contributed by atoms with E-state index in [2.05, 4.69) is 4.98 Å². The zero-order valence-electron chi connectivity index (χ0n) is 12.5. The first-order valence-corrected chi connectivity index (χ1v) is 7.94. The van der Waals surface area contributed by atoms with E-state index in [0.29, 0.717) is 13.0 Å². The third kappa shape index (κ3) is 4.64. The molecule has 120 valence electrons. The summed E-state index contributed by atoms with van der Waals surface area (Å²) in [5.74, 6) is 0.0375. The van der Waals surface area contributed by atoms with Gasteiger partial charge < -0.3 is 15.7 Å². The van der Waals surface area contributed by atoms with Gasteiger partial charge in [0.25, 0.3) is 0 Å². The Labute approximate surface area is 136 Å². The van der Waals surface area contributed by atoms with E-state index in [1.165, 1.54) is 4.88 Å². The predicted octanol–water partition coefficient (Wildman–Crippen LogP) is 1.36. The van der Waals surface area contributed by atoms with Crippen molar-refractivity contribution in [2.75, 3.05) is 13.6 Å². The van der Waals surface area contributed by atoms with Gasteiger partial charge in [-0.25, -0.2) is 4.98 Å². The fraction of sp³-hybridized carbons (Fsp3) is 0.714. The zero-order valence-corrected chi connectivity index (χ0v) is 14.1. The highest BCUT2D eigenvalue weighted by Crippen LogP contribution is 2.25. The molecule has 1 heterocycles. The number of carbonyl (C=O) groups is 1. The lowest BCUT2D eigenvalue weighted by atomic mass is 9.83. The van der Waals surface area contributed by atoms with E-state index in [4.69, 9.17) is 5.73 Å². The van der Waals surface area contributed by atoms with E-state index < -0.39 is 6.10 Å². The molecule has 1 aliphatic carbocycles. The Bertz CT molecular complexity index is 469. The fourth-order valence-electron chi connectivity index (χ4n) is 2.65. The van der Waals surface area contributed by atoms with Crippen LogP contribution in [0.15, 0.2) is 5.51 Å². The van der Waals surface area contributed by atoms with Crippen LogP contribution >= 0.6 is 23.7 Å². The second kappa shape index (κ2) is 8.08. The van der Waals surface area contributed by atoms with Gasteiger partial charge in [-0.3, -0.25) is 4.79 Å². The Morgan fingerprint density at radius 2 is 2.29 bits per heavy atom. The van der Waals surface area contributed by atoms with Crippen LogP contribution in [-0.2, 0) is 11.2 Å². The highest BCUT2D eigenvalue weighted by Gasteiger charge is 2.32. The minimum Gasteiger partial charge on any atom is -0.391 e. The largest absolute Gasteiger partial charge is 0.391 e. The van der Waals surface area contributed by atoms with E-state index in [1.54, 1.807) is 16.2 Å². The maximum atomic E-state index is 12.4. The molecule has 5 nitrogen and oxygen atoms in total. The van der Waals surface area contributed by atoms with Crippen molar-refractivity contribution >= 4 is 29.7 Å². The van der Waals surface area contributed by atoms with E-state index in [-0.39, 0.29) is 30.3 Å². The number of rotatable bonds is 4. The highest BCUT2D eigenvalue weighted by atomic mass is 35.5. The minimum atomic E-state index is -0.546. The Morgan fingerprint density at radius 3 is 2.86 bits per heavy atom. The van der Waals surface area contributed by atoms with Crippen molar-refractivity contribution in [1.29, 1.82) is 0 Å². The number of hydrogen-bond acceptors (Lipinski definition) is 5. The molecule has 1 aromatic heterocycles. The van der Waals surface area contributed by atoms with E-state index in [9.17, 15) is 9.90 Å². The molecule has 0 saturated heterocycles. The van der Waals surface area contributed by atoms with Crippen molar-refractivity contribution in [3.05, 3.63) is 16.1 Å². The number of aliphatic hydroxyl groups is 1. The van der Waals surface area contributed by atoms with Gasteiger partial charge in [0.2, 0.25) is 5.91 Å². The summed E-state index contributed by atoms with van der Waals surface area (Å²) in [6.07, 6.45) is 2.28. The summed E-state index contributed by atoms with van der Waals surface area (Å²) in [7, 11) is 1.83. The monoisotopic (exact) mass is 333 g/mol. The first-order valence-electron chi connectivity index (χ1n) is 7.06. The third-order valence-corrected chi connectivity index (χ3v) is 5.11. The van der Waals surface area contributed by atoms with Gasteiger partial charge in [-0.1, -0.05) is 0 Å². The lowest BCUT2D eigenvalue weighted by Crippen LogP contribution is -2.45. The topological polar surface area (TPSA) is 79.5 Å². The minimum absolute atomic E-state index is 0. The predicted molar refractivity (Wildman–Crippen MR) is 86.8 cm³/mol. The number of hydrogen-bond donors (Lipinski definition) is 2. The summed E-state index contributed by atoms with van der Waals surface area (Å²) in [6, 6.07) is -0.177. The number of aliphatic hydroxyl groups excluding tert-OH is 1. The maximum absolute atomic E-state index is 12.4. The number of nitrogens with two attached hydrogens (primary N) is 1. The standard InChI is InChI=1S/C14H23N3O2S.ClH/c1-9-13(20-8-16-9)5-6-17(2)14(19)10-3-4-11(15)12(18)7-10;/h8,10-12,18H,3-7,15H2,1-2H3;1H/t10-,11+,12+;/m0./s1. The molecule has 1 amide bonds. The lowest BCUT2D eigenvalue weighted by Gasteiger charge is -2.32. The van der Waals surface area contributed by atoms with Crippen LogP contribution in [-0.4, -0.2) is 46.6 Å². The first kappa shape index (κ1) is 18.4. The highest BCUT2D eigenvalue weighted by molar-refractivity contribution is 7.09. The van der Waals surface area contributed by atoms with Gasteiger partial charge in [0.05, 0.1) is 17.3 Å². The van der Waals surface area contributed by atoms with E-state index in [1.807, 2.05) is 19.5 Å². The van der Waals surface area contributed by atoms with E-state index >= 15 is 0 Å². The van der Waals surface area contributed by atoms with Crippen molar-refractivity contribution in [3.8, 4) is 0 Å². The second-order valence-corrected chi connectivity index (χ2v) is 6.55. The molecule has 1 aromatic rings. The van der Waals surface area contributed by atoms with Crippen LogP contribution < -0.4 is 5.73 Å². The molecule has 0 aromatic carbocycles. The number of aryl methyl sites for hydroxylation is 1. The van der Waals surface area contributed by atoms with Crippen LogP contribution in [0.4, 0.5) is 0 Å². The van der Waals surface area contributed by atoms with Gasteiger partial charge in [-0.15, -0.1) is 23.7 Å². The number of amides is 1. The molecule has 21 heavy (non-hydrogen) atoms. The maximum Gasteiger partial charge on any atom is 0.225 e. The summed E-state index contributed by atoms with van der Waals surface area (Å²) in [5, 5.41) is 9.79. The Balaban J connectivity index is 0.00000220. The average Bonchev–Trinajstić information content (AvgIpc) is 2.84. The van der Waals surface area contributed by atoms with Gasteiger partial charge in [0, 0.05) is 36.9 Å². The van der Waals surface area contributed by atoms with Gasteiger partial charge in [-0.05, 0) is 26.2 Å². The molecular formula is C14H24ClN3O2S. The van der Waals surface area contributed by atoms with Crippen LogP contribution in [0.1, 0.15) is 29.8 Å². The average molecular weight is 334 g/mol. The Hall–Kier alpha value is -0.690. The molecule has 7 heteroatoms. The lowest BCUT2D eigenvalue weighted by molar-refractivity contribution is -0.136. The first-order chi connectivity index (χ1) is 9.49. The van der Waals surface area contributed by atoms with Crippen molar-refractivity contribution in [3.63, 3.8) is 0 Å². The molecule has 3 atom stereocenters. The molecule has 0 aliphatic heterocycles. The van der Waals surface area contributed by atoms with Gasteiger partial charge in [-0.2, -0.15) is 0 Å². The summed E-state index contributed by atoms with van der Waals surface area (Å²) in [5.41, 5.74) is 8.67. The molecule has 0 radical (unpaired) electrons. The van der Waals surface area contributed by atoms with Crippen LogP contribution in [0.5, 0.6) is 0 Å². The molecule has 2 rings (SSSR count). The zero-order chi connectivity index (χ0) is 14.7. The molecule has 0 bridgehead atoms. The normalized spacial score (nSPS) is 25.2. The van der Waals surface area contributed by atoms with Crippen LogP contribution in [0.25, 0.3) is 0 Å². The number of thiazole rings is 1. The van der Waals surface area contributed by atoms with Gasteiger partial charge in [0.1, 0.15) is 0 Å². The fourth-order valence-corrected chi connectivity index (χ4v) is 3.42. The molecule has 1 saturated carbocycles. The summed E-state index contributed by atoms with van der Waals surface area (Å²) in [4.78, 5) is 19.6. The number of aromatic nitrogens is 1.